The van der Waals surface area contributed by atoms with Gasteiger partial charge in [-0.1, -0.05) is 66.7 Å². The van der Waals surface area contributed by atoms with Gasteiger partial charge in [0.25, 0.3) is 0 Å². The summed E-state index contributed by atoms with van der Waals surface area (Å²) in [5.74, 6) is 0.509. The van der Waals surface area contributed by atoms with E-state index >= 15 is 0 Å². The van der Waals surface area contributed by atoms with Gasteiger partial charge in [0.15, 0.2) is 0 Å². The van der Waals surface area contributed by atoms with Crippen molar-refractivity contribution in [2.24, 2.45) is 0 Å². The minimum Gasteiger partial charge on any atom is -0.489 e. The maximum Gasteiger partial charge on any atom is 0.336 e. The lowest BCUT2D eigenvalue weighted by Gasteiger charge is -2.11. The number of hydrogen-bond donors (Lipinski definition) is 1. The molecule has 0 unspecified atom stereocenters. The van der Waals surface area contributed by atoms with Crippen LogP contribution in [0.15, 0.2) is 109 Å². The van der Waals surface area contributed by atoms with Crippen LogP contribution in [-0.2, 0) is 13.2 Å². The Morgan fingerprint density at radius 1 is 0.714 bits per heavy atom. The Kier molecular flexibility index (Phi) is 6.39. The summed E-state index contributed by atoms with van der Waals surface area (Å²) in [6, 6.07) is 34.2. The minimum atomic E-state index is -0.945. The first-order chi connectivity index (χ1) is 17.2. The molecule has 0 aliphatic rings. The number of aromatic carboxylic acids is 1. The van der Waals surface area contributed by atoms with Crippen LogP contribution >= 0.6 is 0 Å². The van der Waals surface area contributed by atoms with E-state index in [0.29, 0.717) is 24.5 Å². The third-order valence-electron chi connectivity index (χ3n) is 5.67. The molecule has 1 aromatic heterocycles. The minimum absolute atomic E-state index is 0.275. The van der Waals surface area contributed by atoms with Crippen molar-refractivity contribution in [3.63, 3.8) is 0 Å². The Morgan fingerprint density at radius 3 is 2.34 bits per heavy atom. The molecule has 5 aromatic rings. The number of carboxylic acids is 1. The summed E-state index contributed by atoms with van der Waals surface area (Å²) in [4.78, 5) is 16.1. The van der Waals surface area contributed by atoms with Gasteiger partial charge in [-0.15, -0.1) is 0 Å². The van der Waals surface area contributed by atoms with E-state index in [0.717, 1.165) is 33.5 Å². The van der Waals surface area contributed by atoms with Gasteiger partial charge in [0, 0.05) is 5.39 Å². The Balaban J connectivity index is 1.21. The zero-order valence-corrected chi connectivity index (χ0v) is 18.9. The molecular formula is C30H23NO4. The third kappa shape index (κ3) is 5.31. The molecule has 35 heavy (non-hydrogen) atoms. The van der Waals surface area contributed by atoms with Crippen LogP contribution in [0.4, 0.5) is 0 Å². The molecule has 0 saturated heterocycles. The van der Waals surface area contributed by atoms with Crippen LogP contribution in [0.2, 0.25) is 0 Å². The number of nitrogens with zero attached hydrogens (tertiary/aromatic N) is 1. The van der Waals surface area contributed by atoms with Gasteiger partial charge in [0.2, 0.25) is 0 Å². The Hall–Kier alpha value is -4.64. The van der Waals surface area contributed by atoms with Crippen molar-refractivity contribution in [1.82, 2.24) is 4.98 Å². The quantitative estimate of drug-likeness (QED) is 0.277. The molecule has 0 spiro atoms. The fourth-order valence-corrected chi connectivity index (χ4v) is 3.89. The van der Waals surface area contributed by atoms with Gasteiger partial charge >= 0.3 is 5.97 Å². The molecule has 0 radical (unpaired) electrons. The highest BCUT2D eigenvalue weighted by molar-refractivity contribution is 5.96. The van der Waals surface area contributed by atoms with Crippen molar-refractivity contribution in [1.29, 1.82) is 0 Å². The molecule has 4 aromatic carbocycles. The number of fused-ring (bicyclic) bond motifs is 1. The molecule has 5 nitrogen and oxygen atoms in total. The van der Waals surface area contributed by atoms with E-state index < -0.39 is 5.97 Å². The lowest BCUT2D eigenvalue weighted by molar-refractivity contribution is 0.0697. The second kappa shape index (κ2) is 10.1. The summed E-state index contributed by atoms with van der Waals surface area (Å²) < 4.78 is 11.9. The van der Waals surface area contributed by atoms with E-state index in [4.69, 9.17) is 9.47 Å². The molecule has 1 N–H and O–H groups in total. The predicted octanol–water partition coefficient (Wildman–Crippen LogP) is 6.76. The second-order valence-electron chi connectivity index (χ2n) is 8.10. The highest BCUT2D eigenvalue weighted by Crippen LogP contribution is 2.26. The van der Waals surface area contributed by atoms with Gasteiger partial charge in [0.05, 0.1) is 16.8 Å². The van der Waals surface area contributed by atoms with Crippen molar-refractivity contribution in [2.45, 2.75) is 13.2 Å². The zero-order chi connectivity index (χ0) is 24.0. The van der Waals surface area contributed by atoms with Gasteiger partial charge in [-0.3, -0.25) is 0 Å². The maximum absolute atomic E-state index is 11.5. The number of aromatic nitrogens is 1. The summed E-state index contributed by atoms with van der Waals surface area (Å²) in [7, 11) is 0. The number of para-hydroxylation sites is 1. The maximum atomic E-state index is 11.5. The number of benzene rings is 4. The smallest absolute Gasteiger partial charge is 0.336 e. The average molecular weight is 462 g/mol. The van der Waals surface area contributed by atoms with E-state index in [-0.39, 0.29) is 5.56 Å². The van der Waals surface area contributed by atoms with Crippen LogP contribution in [0, 0.1) is 0 Å². The molecule has 0 fully saturated rings. The molecule has 0 amide bonds. The van der Waals surface area contributed by atoms with Gasteiger partial charge < -0.3 is 14.6 Å². The highest BCUT2D eigenvalue weighted by Gasteiger charge is 2.10. The Morgan fingerprint density at radius 2 is 1.49 bits per heavy atom. The lowest BCUT2D eigenvalue weighted by Crippen LogP contribution is -2.00. The molecule has 1 heterocycles. The Bertz CT molecular complexity index is 1480. The lowest BCUT2D eigenvalue weighted by atomic mass is 10.00. The molecule has 0 saturated carbocycles. The normalized spacial score (nSPS) is 10.7. The summed E-state index contributed by atoms with van der Waals surface area (Å²) >= 11 is 0. The largest absolute Gasteiger partial charge is 0.489 e. The van der Waals surface area contributed by atoms with E-state index in [1.54, 1.807) is 18.2 Å². The number of rotatable bonds is 8. The summed E-state index contributed by atoms with van der Waals surface area (Å²) in [6.07, 6.45) is 0. The van der Waals surface area contributed by atoms with Crippen LogP contribution in [-0.4, -0.2) is 16.1 Å². The molecule has 0 atom stereocenters. The SMILES string of the molecule is O=C(O)c1ccccc1-c1ccc(OCc2cccc(OCc3ccc4ccccc4n3)c2)cc1. The molecule has 0 aliphatic heterocycles. The topological polar surface area (TPSA) is 68.7 Å². The van der Waals surface area contributed by atoms with E-state index in [1.165, 1.54) is 0 Å². The van der Waals surface area contributed by atoms with Crippen molar-refractivity contribution in [3.05, 3.63) is 126 Å². The van der Waals surface area contributed by atoms with Crippen LogP contribution in [0.5, 0.6) is 11.5 Å². The zero-order valence-electron chi connectivity index (χ0n) is 18.9. The molecule has 172 valence electrons. The second-order valence-corrected chi connectivity index (χ2v) is 8.10. The number of hydrogen-bond acceptors (Lipinski definition) is 4. The fourth-order valence-electron chi connectivity index (χ4n) is 3.89. The first-order valence-electron chi connectivity index (χ1n) is 11.3. The molecule has 0 aliphatic carbocycles. The van der Waals surface area contributed by atoms with Crippen molar-refractivity contribution >= 4 is 16.9 Å². The first kappa shape index (κ1) is 22.2. The monoisotopic (exact) mass is 461 g/mol. The molecule has 5 heteroatoms. The summed E-state index contributed by atoms with van der Waals surface area (Å²) in [5, 5.41) is 10.5. The van der Waals surface area contributed by atoms with Gasteiger partial charge in [-0.25, -0.2) is 9.78 Å². The van der Waals surface area contributed by atoms with E-state index in [9.17, 15) is 9.90 Å². The fraction of sp³-hybridized carbons (Fsp3) is 0.0667. The summed E-state index contributed by atoms with van der Waals surface area (Å²) in [5.41, 5.74) is 4.58. The molecular weight excluding hydrogens is 438 g/mol. The summed E-state index contributed by atoms with van der Waals surface area (Å²) in [6.45, 7) is 0.769. The first-order valence-corrected chi connectivity index (χ1v) is 11.3. The number of carbonyl (C=O) groups is 1. The van der Waals surface area contributed by atoms with E-state index in [1.807, 2.05) is 84.9 Å². The van der Waals surface area contributed by atoms with Crippen molar-refractivity contribution in [3.8, 4) is 22.6 Å². The van der Waals surface area contributed by atoms with Crippen LogP contribution in [0.3, 0.4) is 0 Å². The standard InChI is InChI=1S/C30H23NO4/c32-30(33)28-10-3-2-9-27(28)22-13-16-25(17-14-22)34-19-21-6-5-8-26(18-21)35-20-24-15-12-23-7-1-4-11-29(23)31-24/h1-18H,19-20H2,(H,32,33). The van der Waals surface area contributed by atoms with Gasteiger partial charge in [-0.2, -0.15) is 0 Å². The number of pyridine rings is 1. The van der Waals surface area contributed by atoms with Crippen molar-refractivity contribution < 1.29 is 19.4 Å². The predicted molar refractivity (Wildman–Crippen MR) is 136 cm³/mol. The Labute approximate surface area is 203 Å². The number of ether oxygens (including phenoxy) is 2. The van der Waals surface area contributed by atoms with Crippen LogP contribution in [0.25, 0.3) is 22.0 Å². The third-order valence-corrected chi connectivity index (χ3v) is 5.67. The van der Waals surface area contributed by atoms with Crippen LogP contribution < -0.4 is 9.47 Å². The van der Waals surface area contributed by atoms with E-state index in [2.05, 4.69) is 11.1 Å². The molecule has 0 bridgehead atoms. The van der Waals surface area contributed by atoms with Crippen LogP contribution in [0.1, 0.15) is 21.6 Å². The van der Waals surface area contributed by atoms with Crippen molar-refractivity contribution in [2.75, 3.05) is 0 Å². The van der Waals surface area contributed by atoms with Gasteiger partial charge in [0.1, 0.15) is 24.7 Å². The molecule has 5 rings (SSSR count). The number of carboxylic acid groups (broad SMARTS) is 1. The highest BCUT2D eigenvalue weighted by atomic mass is 16.5. The average Bonchev–Trinajstić information content (AvgIpc) is 2.91. The van der Waals surface area contributed by atoms with Gasteiger partial charge in [-0.05, 0) is 59.2 Å².